The Kier molecular flexibility index (Phi) is 2.67. The van der Waals surface area contributed by atoms with Gasteiger partial charge in [-0.3, -0.25) is 4.57 Å². The average Bonchev–Trinajstić information content (AvgIpc) is 2.77. The van der Waals surface area contributed by atoms with E-state index in [1.807, 2.05) is 14.1 Å². The molecule has 78 valence electrons. The molecule has 1 aliphatic heterocycles. The van der Waals surface area contributed by atoms with Crippen LogP contribution in [-0.2, 0) is 13.6 Å². The zero-order valence-corrected chi connectivity index (χ0v) is 8.82. The second-order valence-corrected chi connectivity index (χ2v) is 3.70. The van der Waals surface area contributed by atoms with E-state index in [1.165, 1.54) is 12.8 Å². The second-order valence-electron chi connectivity index (χ2n) is 3.70. The highest BCUT2D eigenvalue weighted by atomic mass is 15.4. The van der Waals surface area contributed by atoms with Crippen LogP contribution in [0.4, 0.5) is 5.95 Å². The van der Waals surface area contributed by atoms with Crippen LogP contribution in [0, 0.1) is 0 Å². The van der Waals surface area contributed by atoms with Crippen molar-refractivity contribution in [1.29, 1.82) is 0 Å². The van der Waals surface area contributed by atoms with Gasteiger partial charge < -0.3 is 10.2 Å². The molecule has 0 aromatic carbocycles. The van der Waals surface area contributed by atoms with Crippen LogP contribution in [-0.4, -0.2) is 34.9 Å². The van der Waals surface area contributed by atoms with Crippen LogP contribution in [0.1, 0.15) is 18.7 Å². The number of hydrogen-bond donors (Lipinski definition) is 1. The molecule has 1 aliphatic rings. The summed E-state index contributed by atoms with van der Waals surface area (Å²) < 4.78 is 2.07. The number of rotatable bonds is 3. The lowest BCUT2D eigenvalue weighted by molar-refractivity contribution is 0.702. The fourth-order valence-electron chi connectivity index (χ4n) is 1.86. The van der Waals surface area contributed by atoms with E-state index in [0.29, 0.717) is 0 Å². The Hall–Kier alpha value is -1.10. The maximum Gasteiger partial charge on any atom is 0.227 e. The third kappa shape index (κ3) is 1.59. The molecule has 5 heteroatoms. The normalized spacial score (nSPS) is 16.6. The van der Waals surface area contributed by atoms with Crippen molar-refractivity contribution in [2.75, 3.05) is 25.0 Å². The van der Waals surface area contributed by atoms with Crippen LogP contribution in [0.3, 0.4) is 0 Å². The maximum atomic E-state index is 4.22. The Bertz CT molecular complexity index is 300. The number of nitrogens with zero attached hydrogens (tertiary/aromatic N) is 4. The molecule has 2 heterocycles. The van der Waals surface area contributed by atoms with E-state index in [1.54, 1.807) is 0 Å². The van der Waals surface area contributed by atoms with Crippen molar-refractivity contribution in [2.45, 2.75) is 19.4 Å². The van der Waals surface area contributed by atoms with Crippen molar-refractivity contribution in [3.8, 4) is 0 Å². The first-order valence-electron chi connectivity index (χ1n) is 5.10. The van der Waals surface area contributed by atoms with E-state index >= 15 is 0 Å². The second kappa shape index (κ2) is 3.96. The Balaban J connectivity index is 2.17. The molecule has 1 fully saturated rings. The minimum absolute atomic E-state index is 0.775. The Morgan fingerprint density at radius 1 is 1.29 bits per heavy atom. The summed E-state index contributed by atoms with van der Waals surface area (Å²) in [6.07, 6.45) is 2.54. The van der Waals surface area contributed by atoms with Gasteiger partial charge in [-0.25, -0.2) is 0 Å². The van der Waals surface area contributed by atoms with E-state index < -0.39 is 0 Å². The van der Waals surface area contributed by atoms with Gasteiger partial charge in [0.1, 0.15) is 5.82 Å². The number of hydrogen-bond acceptors (Lipinski definition) is 4. The Morgan fingerprint density at radius 2 is 2.00 bits per heavy atom. The van der Waals surface area contributed by atoms with Gasteiger partial charge in [-0.05, 0) is 19.9 Å². The SMILES string of the molecule is CNCc1nnc(N2CCCC2)n1C. The molecule has 1 saturated heterocycles. The molecule has 1 N–H and O–H groups in total. The molecule has 1 aromatic heterocycles. The molecule has 0 atom stereocenters. The van der Waals surface area contributed by atoms with Gasteiger partial charge in [0.2, 0.25) is 5.95 Å². The molecule has 5 nitrogen and oxygen atoms in total. The third-order valence-corrected chi connectivity index (χ3v) is 2.67. The standard InChI is InChI=1S/C9H17N5/c1-10-7-8-11-12-9(13(8)2)14-5-3-4-6-14/h10H,3-7H2,1-2H3. The molecule has 0 amide bonds. The van der Waals surface area contributed by atoms with E-state index in [-0.39, 0.29) is 0 Å². The first kappa shape index (κ1) is 9.45. The monoisotopic (exact) mass is 195 g/mol. The molecule has 0 bridgehead atoms. The van der Waals surface area contributed by atoms with Crippen LogP contribution in [0.2, 0.25) is 0 Å². The van der Waals surface area contributed by atoms with E-state index in [0.717, 1.165) is 31.4 Å². The number of aromatic nitrogens is 3. The van der Waals surface area contributed by atoms with Crippen LogP contribution in [0.15, 0.2) is 0 Å². The van der Waals surface area contributed by atoms with E-state index in [9.17, 15) is 0 Å². The van der Waals surface area contributed by atoms with Crippen molar-refractivity contribution in [3.05, 3.63) is 5.82 Å². The zero-order chi connectivity index (χ0) is 9.97. The fraction of sp³-hybridized carbons (Fsp3) is 0.778. The summed E-state index contributed by atoms with van der Waals surface area (Å²) in [4.78, 5) is 2.30. The fourth-order valence-corrected chi connectivity index (χ4v) is 1.86. The minimum Gasteiger partial charge on any atom is -0.341 e. The molecule has 2 rings (SSSR count). The van der Waals surface area contributed by atoms with Crippen molar-refractivity contribution < 1.29 is 0 Å². The molecular weight excluding hydrogens is 178 g/mol. The van der Waals surface area contributed by atoms with Crippen molar-refractivity contribution in [2.24, 2.45) is 7.05 Å². The quantitative estimate of drug-likeness (QED) is 0.745. The summed E-state index contributed by atoms with van der Waals surface area (Å²) in [6, 6.07) is 0. The zero-order valence-electron chi connectivity index (χ0n) is 8.82. The van der Waals surface area contributed by atoms with Gasteiger partial charge in [0.25, 0.3) is 0 Å². The number of anilines is 1. The van der Waals surface area contributed by atoms with Crippen LogP contribution >= 0.6 is 0 Å². The molecule has 0 unspecified atom stereocenters. The summed E-state index contributed by atoms with van der Waals surface area (Å²) >= 11 is 0. The summed E-state index contributed by atoms with van der Waals surface area (Å²) in [5, 5.41) is 11.5. The highest BCUT2D eigenvalue weighted by Crippen LogP contribution is 2.17. The summed E-state index contributed by atoms with van der Waals surface area (Å²) in [6.45, 7) is 3.01. The van der Waals surface area contributed by atoms with Crippen LogP contribution < -0.4 is 10.2 Å². The summed E-state index contributed by atoms with van der Waals surface area (Å²) in [5.74, 6) is 2.00. The molecule has 0 radical (unpaired) electrons. The van der Waals surface area contributed by atoms with E-state index in [4.69, 9.17) is 0 Å². The lowest BCUT2D eigenvalue weighted by Gasteiger charge is -2.15. The predicted molar refractivity (Wildman–Crippen MR) is 55.2 cm³/mol. The highest BCUT2D eigenvalue weighted by Gasteiger charge is 2.18. The smallest absolute Gasteiger partial charge is 0.227 e. The largest absolute Gasteiger partial charge is 0.341 e. The van der Waals surface area contributed by atoms with E-state index in [2.05, 4.69) is 25.0 Å². The lowest BCUT2D eigenvalue weighted by atomic mass is 10.4. The Morgan fingerprint density at radius 3 is 2.64 bits per heavy atom. The number of nitrogens with one attached hydrogen (secondary N) is 1. The minimum atomic E-state index is 0.775. The van der Waals surface area contributed by atoms with Crippen molar-refractivity contribution >= 4 is 5.95 Å². The van der Waals surface area contributed by atoms with Gasteiger partial charge in [-0.2, -0.15) is 0 Å². The molecule has 14 heavy (non-hydrogen) atoms. The van der Waals surface area contributed by atoms with Crippen LogP contribution in [0.5, 0.6) is 0 Å². The molecular formula is C9H17N5. The molecule has 0 saturated carbocycles. The first-order valence-corrected chi connectivity index (χ1v) is 5.10. The summed E-state index contributed by atoms with van der Waals surface area (Å²) in [7, 11) is 3.95. The predicted octanol–water partition coefficient (Wildman–Crippen LogP) is 0.135. The van der Waals surface area contributed by atoms with Gasteiger partial charge in [-0.1, -0.05) is 0 Å². The van der Waals surface area contributed by atoms with Crippen molar-refractivity contribution in [1.82, 2.24) is 20.1 Å². The molecule has 0 spiro atoms. The van der Waals surface area contributed by atoms with Crippen molar-refractivity contribution in [3.63, 3.8) is 0 Å². The highest BCUT2D eigenvalue weighted by molar-refractivity contribution is 5.31. The molecule has 0 aliphatic carbocycles. The van der Waals surface area contributed by atoms with Gasteiger partial charge in [0, 0.05) is 20.1 Å². The first-order chi connectivity index (χ1) is 6.83. The Labute approximate surface area is 84.1 Å². The lowest BCUT2D eigenvalue weighted by Crippen LogP contribution is -2.22. The average molecular weight is 195 g/mol. The van der Waals surface area contributed by atoms with Crippen LogP contribution in [0.25, 0.3) is 0 Å². The van der Waals surface area contributed by atoms with Gasteiger partial charge in [0.15, 0.2) is 0 Å². The third-order valence-electron chi connectivity index (χ3n) is 2.67. The van der Waals surface area contributed by atoms with Gasteiger partial charge >= 0.3 is 0 Å². The molecule has 1 aromatic rings. The van der Waals surface area contributed by atoms with Gasteiger partial charge in [-0.15, -0.1) is 10.2 Å². The topological polar surface area (TPSA) is 46.0 Å². The maximum absolute atomic E-state index is 4.22. The summed E-state index contributed by atoms with van der Waals surface area (Å²) in [5.41, 5.74) is 0. The van der Waals surface area contributed by atoms with Gasteiger partial charge in [0.05, 0.1) is 6.54 Å².